The number of nitrogens with zero attached hydrogens (tertiary/aromatic N) is 3. The second kappa shape index (κ2) is 12.3. The Morgan fingerprint density at radius 1 is 0.481 bits per heavy atom. The summed E-state index contributed by atoms with van der Waals surface area (Å²) in [6, 6.07) is 62.8. The molecule has 1 aliphatic rings. The van der Waals surface area contributed by atoms with Gasteiger partial charge in [-0.3, -0.25) is 4.98 Å². The van der Waals surface area contributed by atoms with E-state index in [4.69, 9.17) is 0 Å². The van der Waals surface area contributed by atoms with Crippen molar-refractivity contribution in [3.05, 3.63) is 193 Å². The molecule has 0 bridgehead atoms. The summed E-state index contributed by atoms with van der Waals surface area (Å²) in [7, 11) is 0. The van der Waals surface area contributed by atoms with Gasteiger partial charge in [-0.15, -0.1) is 0 Å². The second-order valence-electron chi connectivity index (χ2n) is 14.8. The van der Waals surface area contributed by atoms with E-state index in [2.05, 4.69) is 169 Å². The van der Waals surface area contributed by atoms with Gasteiger partial charge in [-0.2, -0.15) is 5.26 Å². The molecule has 10 rings (SSSR count). The van der Waals surface area contributed by atoms with Gasteiger partial charge in [0.15, 0.2) is 0 Å². The topological polar surface area (TPSA) is 39.9 Å². The van der Waals surface area contributed by atoms with Crippen LogP contribution in [-0.4, -0.2) is 4.98 Å². The van der Waals surface area contributed by atoms with Gasteiger partial charge in [0, 0.05) is 39.6 Å². The first-order valence-electron chi connectivity index (χ1n) is 18.4. The Labute approximate surface area is 315 Å². The summed E-state index contributed by atoms with van der Waals surface area (Å²) < 4.78 is 0. The van der Waals surface area contributed by atoms with Gasteiger partial charge in [0.25, 0.3) is 0 Å². The van der Waals surface area contributed by atoms with Gasteiger partial charge < -0.3 is 4.90 Å². The Balaban J connectivity index is 0.969. The molecule has 0 amide bonds. The highest BCUT2D eigenvalue weighted by molar-refractivity contribution is 6.15. The minimum Gasteiger partial charge on any atom is -0.311 e. The number of aromatic nitrogens is 1. The first-order valence-corrected chi connectivity index (χ1v) is 18.4. The summed E-state index contributed by atoms with van der Waals surface area (Å²) in [5.41, 5.74) is 14.5. The van der Waals surface area contributed by atoms with Gasteiger partial charge in [0.1, 0.15) is 0 Å². The van der Waals surface area contributed by atoms with Crippen molar-refractivity contribution in [1.82, 2.24) is 4.98 Å². The van der Waals surface area contributed by atoms with Gasteiger partial charge in [0.2, 0.25) is 0 Å². The zero-order chi connectivity index (χ0) is 36.4. The number of para-hydroxylation sites is 1. The van der Waals surface area contributed by atoms with Crippen LogP contribution >= 0.6 is 0 Å². The molecule has 0 atom stereocenters. The van der Waals surface area contributed by atoms with E-state index in [0.717, 1.165) is 44.7 Å². The zero-order valence-corrected chi connectivity index (χ0v) is 30.1. The summed E-state index contributed by atoms with van der Waals surface area (Å²) >= 11 is 0. The highest BCUT2D eigenvalue weighted by Crippen LogP contribution is 2.50. The number of hydrogen-bond donors (Lipinski definition) is 0. The SMILES string of the molecule is CC1(C)c2cccc3ccc4cc(-c5ccc(-c6ccc(N(c7ccc(C#N)cc7)c7ccc(-c8cccc9cccnc89)cc7)cc6)cc5)cc1c4c23. The Morgan fingerprint density at radius 3 is 1.70 bits per heavy atom. The number of hydrogen-bond acceptors (Lipinski definition) is 3. The van der Waals surface area contributed by atoms with E-state index >= 15 is 0 Å². The van der Waals surface area contributed by atoms with E-state index in [1.165, 1.54) is 49.4 Å². The standard InChI is InChI=1S/C51H35N3/c1-51(2)46-10-4-6-38-17-18-40-30-41(31-47(51)49(40)48(38)46)36-15-13-34(14-16-36)35-19-25-43(26-20-35)54(42-23-11-33(32-52)12-24-42)44-27-21-37(22-28-44)45-9-3-7-39-8-5-29-53-50(39)45/h3-31H,1-2H3. The lowest BCUT2D eigenvalue weighted by atomic mass is 9.81. The molecule has 3 heteroatoms. The van der Waals surface area contributed by atoms with Crippen molar-refractivity contribution in [2.75, 3.05) is 4.90 Å². The monoisotopic (exact) mass is 689 g/mol. The molecule has 0 N–H and O–H groups in total. The molecule has 0 fully saturated rings. The van der Waals surface area contributed by atoms with Crippen molar-refractivity contribution >= 4 is 49.5 Å². The van der Waals surface area contributed by atoms with Gasteiger partial charge in [-0.1, -0.05) is 117 Å². The van der Waals surface area contributed by atoms with Crippen LogP contribution in [0.3, 0.4) is 0 Å². The van der Waals surface area contributed by atoms with Crippen molar-refractivity contribution in [3.63, 3.8) is 0 Å². The van der Waals surface area contributed by atoms with Crippen molar-refractivity contribution < 1.29 is 0 Å². The fraction of sp³-hybridized carbons (Fsp3) is 0.0588. The number of pyridine rings is 1. The molecule has 1 aromatic heterocycles. The Kier molecular flexibility index (Phi) is 7.22. The zero-order valence-electron chi connectivity index (χ0n) is 30.1. The quantitative estimate of drug-likeness (QED) is 0.163. The predicted octanol–water partition coefficient (Wildman–Crippen LogP) is 13.5. The van der Waals surface area contributed by atoms with Gasteiger partial charge in [0.05, 0.1) is 17.1 Å². The van der Waals surface area contributed by atoms with Crippen molar-refractivity contribution in [2.24, 2.45) is 0 Å². The molecule has 9 aromatic rings. The van der Waals surface area contributed by atoms with Crippen LogP contribution in [0.5, 0.6) is 0 Å². The summed E-state index contributed by atoms with van der Waals surface area (Å²) in [5, 5.41) is 16.0. The van der Waals surface area contributed by atoms with Crippen molar-refractivity contribution in [3.8, 4) is 39.4 Å². The molecular formula is C51H35N3. The van der Waals surface area contributed by atoms with Crippen LogP contribution in [0.4, 0.5) is 17.1 Å². The summed E-state index contributed by atoms with van der Waals surface area (Å²) in [4.78, 5) is 6.91. The molecule has 1 aliphatic carbocycles. The van der Waals surface area contributed by atoms with Crippen LogP contribution in [0.2, 0.25) is 0 Å². The first-order chi connectivity index (χ1) is 26.5. The minimum atomic E-state index is -0.0406. The molecular weight excluding hydrogens is 655 g/mol. The average Bonchev–Trinajstić information content (AvgIpc) is 3.47. The lowest BCUT2D eigenvalue weighted by molar-refractivity contribution is 0.663. The maximum absolute atomic E-state index is 9.48. The molecule has 0 saturated heterocycles. The molecule has 0 radical (unpaired) electrons. The predicted molar refractivity (Wildman–Crippen MR) is 225 cm³/mol. The molecule has 254 valence electrons. The fourth-order valence-electron chi connectivity index (χ4n) is 8.49. The van der Waals surface area contributed by atoms with Crippen LogP contribution in [-0.2, 0) is 5.41 Å². The van der Waals surface area contributed by atoms with E-state index in [9.17, 15) is 5.26 Å². The summed E-state index contributed by atoms with van der Waals surface area (Å²) in [5.74, 6) is 0. The molecule has 1 heterocycles. The smallest absolute Gasteiger partial charge is 0.0991 e. The van der Waals surface area contributed by atoms with Crippen molar-refractivity contribution in [1.29, 1.82) is 5.26 Å². The maximum Gasteiger partial charge on any atom is 0.0991 e. The largest absolute Gasteiger partial charge is 0.311 e. The Hall–Kier alpha value is -7.02. The van der Waals surface area contributed by atoms with E-state index in [1.54, 1.807) is 0 Å². The van der Waals surface area contributed by atoms with Crippen LogP contribution < -0.4 is 4.90 Å². The van der Waals surface area contributed by atoms with E-state index < -0.39 is 0 Å². The van der Waals surface area contributed by atoms with E-state index in [0.29, 0.717) is 5.56 Å². The van der Waals surface area contributed by atoms with E-state index in [1.807, 2.05) is 36.5 Å². The molecule has 0 spiro atoms. The second-order valence-corrected chi connectivity index (χ2v) is 14.8. The third-order valence-electron chi connectivity index (χ3n) is 11.3. The number of benzene rings is 8. The highest BCUT2D eigenvalue weighted by atomic mass is 15.1. The summed E-state index contributed by atoms with van der Waals surface area (Å²) in [6.45, 7) is 4.71. The Bertz CT molecular complexity index is 2930. The van der Waals surface area contributed by atoms with Crippen LogP contribution in [0.15, 0.2) is 176 Å². The van der Waals surface area contributed by atoms with Gasteiger partial charge in [-0.05, 0) is 127 Å². The maximum atomic E-state index is 9.48. The van der Waals surface area contributed by atoms with E-state index in [-0.39, 0.29) is 5.41 Å². The molecule has 0 aliphatic heterocycles. The molecule has 3 nitrogen and oxygen atoms in total. The number of nitriles is 1. The normalized spacial score (nSPS) is 12.8. The lowest BCUT2D eigenvalue weighted by Gasteiger charge is -2.26. The molecule has 0 saturated carbocycles. The molecule has 8 aromatic carbocycles. The van der Waals surface area contributed by atoms with Crippen molar-refractivity contribution in [2.45, 2.75) is 19.3 Å². The first kappa shape index (κ1) is 31.7. The number of anilines is 3. The summed E-state index contributed by atoms with van der Waals surface area (Å²) in [6.07, 6.45) is 1.85. The number of rotatable bonds is 6. The lowest BCUT2D eigenvalue weighted by Crippen LogP contribution is -2.15. The van der Waals surface area contributed by atoms with Gasteiger partial charge >= 0.3 is 0 Å². The highest BCUT2D eigenvalue weighted by Gasteiger charge is 2.34. The Morgan fingerprint density at radius 2 is 1.02 bits per heavy atom. The minimum absolute atomic E-state index is 0.0406. The average molecular weight is 690 g/mol. The van der Waals surface area contributed by atoms with Crippen LogP contribution in [0.1, 0.15) is 30.5 Å². The van der Waals surface area contributed by atoms with Crippen LogP contribution in [0, 0.1) is 11.3 Å². The molecule has 0 unspecified atom stereocenters. The van der Waals surface area contributed by atoms with Crippen LogP contribution in [0.25, 0.3) is 65.8 Å². The third kappa shape index (κ3) is 5.07. The number of fused-ring (bicyclic) bond motifs is 1. The fourth-order valence-corrected chi connectivity index (χ4v) is 8.49. The molecule has 54 heavy (non-hydrogen) atoms. The third-order valence-corrected chi connectivity index (χ3v) is 11.3. The van der Waals surface area contributed by atoms with Gasteiger partial charge in [-0.25, -0.2) is 0 Å².